The van der Waals surface area contributed by atoms with Crippen molar-refractivity contribution >= 4 is 21.6 Å². The van der Waals surface area contributed by atoms with Gasteiger partial charge in [0.05, 0.1) is 0 Å². The highest BCUT2D eigenvalue weighted by Gasteiger charge is 2.50. The molecule has 0 saturated carbocycles. The topological polar surface area (TPSA) is 69.7 Å². The van der Waals surface area contributed by atoms with Crippen LogP contribution in [0.25, 0.3) is 11.1 Å². The first kappa shape index (κ1) is 25.9. The second-order valence-corrected chi connectivity index (χ2v) is 10.6. The van der Waals surface area contributed by atoms with Gasteiger partial charge in [-0.2, -0.15) is 17.5 Å². The highest BCUT2D eigenvalue weighted by Crippen LogP contribution is 2.28. The molecule has 3 aromatic rings. The van der Waals surface area contributed by atoms with E-state index < -0.39 is 15.5 Å². The van der Waals surface area contributed by atoms with E-state index in [0.29, 0.717) is 22.1 Å². The maximum atomic E-state index is 12.7. The molecule has 190 valence electrons. The summed E-state index contributed by atoms with van der Waals surface area (Å²) in [6.07, 6.45) is 0. The van der Waals surface area contributed by atoms with E-state index in [1.165, 1.54) is 0 Å². The first-order chi connectivity index (χ1) is 17.0. The summed E-state index contributed by atoms with van der Waals surface area (Å²) in [6.45, 7) is 2.49. The van der Waals surface area contributed by atoms with Gasteiger partial charge in [-0.05, 0) is 53.4 Å². The molecule has 0 aliphatic carbocycles. The zero-order valence-electron chi connectivity index (χ0n) is 19.6. The number of amides is 1. The minimum absolute atomic E-state index is 0.201. The zero-order valence-corrected chi connectivity index (χ0v) is 20.4. The van der Waals surface area contributed by atoms with Crippen LogP contribution in [0, 0.1) is 6.92 Å². The quantitative estimate of drug-likeness (QED) is 0.506. The Morgan fingerprint density at radius 1 is 0.889 bits per heavy atom. The third kappa shape index (κ3) is 5.77. The molecule has 4 rings (SSSR count). The summed E-state index contributed by atoms with van der Waals surface area (Å²) in [5.74, 6) is -0.235. The van der Waals surface area contributed by atoms with Crippen LogP contribution in [0.5, 0.6) is 0 Å². The Morgan fingerprint density at radius 3 is 2.08 bits per heavy atom. The van der Waals surface area contributed by atoms with Crippen molar-refractivity contribution in [2.45, 2.75) is 19.0 Å². The molecule has 0 atom stereocenters. The van der Waals surface area contributed by atoms with Crippen molar-refractivity contribution < 1.29 is 26.4 Å². The van der Waals surface area contributed by atoms with Crippen molar-refractivity contribution in [3.63, 3.8) is 0 Å². The molecule has 3 aromatic carbocycles. The lowest BCUT2D eigenvalue weighted by Gasteiger charge is -2.34. The molecule has 0 spiro atoms. The molecule has 0 aromatic heterocycles. The molecule has 1 aliphatic rings. The molecule has 1 amide bonds. The van der Waals surface area contributed by atoms with Gasteiger partial charge in [0.1, 0.15) is 0 Å². The largest absolute Gasteiger partial charge is 0.511 e. The number of rotatable bonds is 6. The number of carbonyl (C=O) groups excluding carboxylic acids is 1. The molecule has 10 heteroatoms. The van der Waals surface area contributed by atoms with Gasteiger partial charge in [-0.1, -0.05) is 48.5 Å². The SMILES string of the molecule is Cc1ccccc1-c1ccc(C(=O)Nc2ccc(CN3CCN(S(=O)(=O)C(F)(F)F)CC3)cc2)cc1. The fourth-order valence-corrected chi connectivity index (χ4v) is 5.06. The average Bonchev–Trinajstić information content (AvgIpc) is 2.85. The molecule has 6 nitrogen and oxygen atoms in total. The van der Waals surface area contributed by atoms with Gasteiger partial charge < -0.3 is 5.32 Å². The van der Waals surface area contributed by atoms with Crippen LogP contribution in [0.4, 0.5) is 18.9 Å². The number of sulfonamides is 1. The minimum Gasteiger partial charge on any atom is -0.322 e. The van der Waals surface area contributed by atoms with Crippen molar-refractivity contribution in [3.8, 4) is 11.1 Å². The van der Waals surface area contributed by atoms with Crippen LogP contribution in [-0.4, -0.2) is 55.2 Å². The van der Waals surface area contributed by atoms with E-state index in [2.05, 4.69) is 5.32 Å². The number of nitrogens with one attached hydrogen (secondary N) is 1. The fraction of sp³-hybridized carbons (Fsp3) is 0.269. The third-order valence-corrected chi connectivity index (χ3v) is 7.81. The molecule has 36 heavy (non-hydrogen) atoms. The molecule has 0 unspecified atom stereocenters. The van der Waals surface area contributed by atoms with Crippen molar-refractivity contribution in [2.75, 3.05) is 31.5 Å². The highest BCUT2D eigenvalue weighted by molar-refractivity contribution is 7.90. The van der Waals surface area contributed by atoms with E-state index in [1.54, 1.807) is 24.3 Å². The number of aryl methyl sites for hydroxylation is 1. The van der Waals surface area contributed by atoms with Gasteiger partial charge in [-0.15, -0.1) is 0 Å². The predicted octanol–water partition coefficient (Wildman–Crippen LogP) is 4.88. The van der Waals surface area contributed by atoms with E-state index in [-0.39, 0.29) is 32.1 Å². The summed E-state index contributed by atoms with van der Waals surface area (Å²) >= 11 is 0. The van der Waals surface area contributed by atoms with Crippen molar-refractivity contribution in [3.05, 3.63) is 89.5 Å². The number of nitrogens with zero attached hydrogens (tertiary/aromatic N) is 2. The number of carbonyl (C=O) groups is 1. The Hall–Kier alpha value is -3.21. The Kier molecular flexibility index (Phi) is 7.49. The van der Waals surface area contributed by atoms with Crippen molar-refractivity contribution in [1.82, 2.24) is 9.21 Å². The average molecular weight is 518 g/mol. The number of benzene rings is 3. The maximum absolute atomic E-state index is 12.7. The lowest BCUT2D eigenvalue weighted by molar-refractivity contribution is -0.0500. The molecular weight excluding hydrogens is 491 g/mol. The smallest absolute Gasteiger partial charge is 0.322 e. The Balaban J connectivity index is 1.31. The lowest BCUT2D eigenvalue weighted by Crippen LogP contribution is -2.51. The van der Waals surface area contributed by atoms with Gasteiger partial charge in [0, 0.05) is 44.0 Å². The van der Waals surface area contributed by atoms with Gasteiger partial charge in [0.25, 0.3) is 5.91 Å². The van der Waals surface area contributed by atoms with Gasteiger partial charge in [0.2, 0.25) is 0 Å². The summed E-state index contributed by atoms with van der Waals surface area (Å²) in [5, 5.41) is 2.86. The maximum Gasteiger partial charge on any atom is 0.511 e. The van der Waals surface area contributed by atoms with Gasteiger partial charge >= 0.3 is 15.5 Å². The third-order valence-electron chi connectivity index (χ3n) is 6.18. The summed E-state index contributed by atoms with van der Waals surface area (Å²) in [6, 6.07) is 22.6. The van der Waals surface area contributed by atoms with E-state index in [9.17, 15) is 26.4 Å². The van der Waals surface area contributed by atoms with E-state index in [0.717, 1.165) is 22.3 Å². The fourth-order valence-electron chi connectivity index (χ4n) is 4.13. The Bertz CT molecular complexity index is 1320. The summed E-state index contributed by atoms with van der Waals surface area (Å²) in [5.41, 5.74) is 0.0780. The van der Waals surface area contributed by atoms with Crippen molar-refractivity contribution in [1.29, 1.82) is 0 Å². The Morgan fingerprint density at radius 2 is 1.50 bits per heavy atom. The normalized spacial score (nSPS) is 15.6. The minimum atomic E-state index is -5.29. The van der Waals surface area contributed by atoms with Crippen LogP contribution in [0.1, 0.15) is 21.5 Å². The molecule has 1 aliphatic heterocycles. The molecule has 1 N–H and O–H groups in total. The number of halogens is 3. The standard InChI is InChI=1S/C26H26F3N3O3S/c1-19-4-2-3-5-24(19)21-8-10-22(11-9-21)25(33)30-23-12-6-20(7-13-23)18-31-14-16-32(17-15-31)36(34,35)26(27,28)29/h2-13H,14-18H2,1H3,(H,30,33). The summed E-state index contributed by atoms with van der Waals surface area (Å²) in [7, 11) is -5.29. The van der Waals surface area contributed by atoms with Crippen LogP contribution in [0.3, 0.4) is 0 Å². The molecule has 0 bridgehead atoms. The first-order valence-electron chi connectivity index (χ1n) is 11.4. The first-order valence-corrected chi connectivity index (χ1v) is 12.8. The van der Waals surface area contributed by atoms with Crippen LogP contribution in [0.15, 0.2) is 72.8 Å². The number of anilines is 1. The molecule has 1 heterocycles. The Labute approximate surface area is 208 Å². The second-order valence-electron chi connectivity index (χ2n) is 8.67. The van der Waals surface area contributed by atoms with E-state index >= 15 is 0 Å². The number of hydrogen-bond donors (Lipinski definition) is 1. The molecular formula is C26H26F3N3O3S. The second kappa shape index (κ2) is 10.4. The van der Waals surface area contributed by atoms with Crippen LogP contribution >= 0.6 is 0 Å². The number of hydrogen-bond acceptors (Lipinski definition) is 4. The number of alkyl halides is 3. The van der Waals surface area contributed by atoms with Crippen LogP contribution < -0.4 is 5.32 Å². The van der Waals surface area contributed by atoms with Crippen LogP contribution in [-0.2, 0) is 16.6 Å². The number of piperazine rings is 1. The summed E-state index contributed by atoms with van der Waals surface area (Å²) < 4.78 is 61.8. The van der Waals surface area contributed by atoms with Gasteiger partial charge in [0.15, 0.2) is 0 Å². The predicted molar refractivity (Wildman–Crippen MR) is 133 cm³/mol. The zero-order chi connectivity index (χ0) is 25.9. The summed E-state index contributed by atoms with van der Waals surface area (Å²) in [4.78, 5) is 14.6. The van der Waals surface area contributed by atoms with E-state index in [1.807, 2.05) is 60.4 Å². The molecule has 0 radical (unpaired) electrons. The van der Waals surface area contributed by atoms with Gasteiger partial charge in [-0.25, -0.2) is 8.42 Å². The highest BCUT2D eigenvalue weighted by atomic mass is 32.2. The van der Waals surface area contributed by atoms with E-state index in [4.69, 9.17) is 0 Å². The molecule has 1 fully saturated rings. The monoisotopic (exact) mass is 517 g/mol. The van der Waals surface area contributed by atoms with Crippen molar-refractivity contribution in [2.24, 2.45) is 0 Å². The van der Waals surface area contributed by atoms with Crippen LogP contribution in [0.2, 0.25) is 0 Å². The lowest BCUT2D eigenvalue weighted by atomic mass is 9.99. The van der Waals surface area contributed by atoms with Gasteiger partial charge in [-0.3, -0.25) is 9.69 Å². The molecule has 1 saturated heterocycles.